The van der Waals surface area contributed by atoms with Gasteiger partial charge in [-0.2, -0.15) is 0 Å². The molecule has 2 heterocycles. The SMILES string of the molecule is OC(CCC1CCCCO1)Cc1ccc(Br)s1. The molecule has 1 aliphatic rings. The molecule has 0 bridgehead atoms. The van der Waals surface area contributed by atoms with Gasteiger partial charge in [-0.3, -0.25) is 0 Å². The number of thiophene rings is 1. The summed E-state index contributed by atoms with van der Waals surface area (Å²) in [6.45, 7) is 0.901. The van der Waals surface area contributed by atoms with Crippen molar-refractivity contribution in [3.8, 4) is 0 Å². The number of hydrogen-bond acceptors (Lipinski definition) is 3. The van der Waals surface area contributed by atoms with Crippen molar-refractivity contribution in [1.82, 2.24) is 0 Å². The minimum atomic E-state index is -0.230. The molecule has 1 saturated heterocycles. The molecule has 1 aliphatic heterocycles. The molecule has 0 aliphatic carbocycles. The maximum Gasteiger partial charge on any atom is 0.0701 e. The highest BCUT2D eigenvalue weighted by Gasteiger charge is 2.16. The average Bonchev–Trinajstić information content (AvgIpc) is 2.73. The van der Waals surface area contributed by atoms with E-state index in [0.29, 0.717) is 6.10 Å². The van der Waals surface area contributed by atoms with Crippen LogP contribution in [0.25, 0.3) is 0 Å². The summed E-state index contributed by atoms with van der Waals surface area (Å²) >= 11 is 5.14. The second-order valence-electron chi connectivity index (χ2n) is 4.63. The standard InChI is InChI=1S/C13H19BrO2S/c14-13-7-6-12(17-13)9-10(15)4-5-11-3-1-2-8-16-11/h6-7,10-11,15H,1-5,8-9H2. The molecule has 1 aromatic heterocycles. The Balaban J connectivity index is 1.68. The third-order valence-corrected chi connectivity index (χ3v) is 4.81. The molecule has 2 nitrogen and oxygen atoms in total. The van der Waals surface area contributed by atoms with E-state index in [2.05, 4.69) is 22.0 Å². The lowest BCUT2D eigenvalue weighted by Crippen LogP contribution is -2.21. The summed E-state index contributed by atoms with van der Waals surface area (Å²) in [5.74, 6) is 0. The largest absolute Gasteiger partial charge is 0.393 e. The van der Waals surface area contributed by atoms with Gasteiger partial charge in [-0.1, -0.05) is 0 Å². The molecule has 0 spiro atoms. The molecule has 2 rings (SSSR count). The molecule has 17 heavy (non-hydrogen) atoms. The van der Waals surface area contributed by atoms with Crippen molar-refractivity contribution in [3.05, 3.63) is 20.8 Å². The van der Waals surface area contributed by atoms with Crippen LogP contribution in [-0.2, 0) is 11.2 Å². The van der Waals surface area contributed by atoms with Gasteiger partial charge in [0.2, 0.25) is 0 Å². The molecule has 0 radical (unpaired) electrons. The third kappa shape index (κ3) is 4.70. The van der Waals surface area contributed by atoms with E-state index < -0.39 is 0 Å². The van der Waals surface area contributed by atoms with Crippen LogP contribution in [0.3, 0.4) is 0 Å². The number of aliphatic hydroxyl groups is 1. The zero-order valence-corrected chi connectivity index (χ0v) is 12.3. The Morgan fingerprint density at radius 2 is 2.35 bits per heavy atom. The molecule has 1 N–H and O–H groups in total. The first-order valence-corrected chi connectivity index (χ1v) is 7.89. The summed E-state index contributed by atoms with van der Waals surface area (Å²) in [6.07, 6.45) is 6.40. The molecule has 1 aromatic rings. The Morgan fingerprint density at radius 1 is 1.47 bits per heavy atom. The molecular formula is C13H19BrO2S. The van der Waals surface area contributed by atoms with Crippen LogP contribution in [-0.4, -0.2) is 23.9 Å². The third-order valence-electron chi connectivity index (χ3n) is 3.16. The van der Waals surface area contributed by atoms with E-state index in [0.717, 1.165) is 36.1 Å². The van der Waals surface area contributed by atoms with E-state index in [1.54, 1.807) is 11.3 Å². The van der Waals surface area contributed by atoms with E-state index >= 15 is 0 Å². The zero-order chi connectivity index (χ0) is 12.1. The van der Waals surface area contributed by atoms with Gasteiger partial charge < -0.3 is 9.84 Å². The van der Waals surface area contributed by atoms with Gasteiger partial charge in [0.15, 0.2) is 0 Å². The van der Waals surface area contributed by atoms with E-state index in [-0.39, 0.29) is 6.10 Å². The average molecular weight is 319 g/mol. The Kier molecular flexibility index (Phi) is 5.48. The van der Waals surface area contributed by atoms with E-state index in [1.807, 2.05) is 6.07 Å². The van der Waals surface area contributed by atoms with Crippen LogP contribution < -0.4 is 0 Å². The van der Waals surface area contributed by atoms with Gasteiger partial charge in [0.05, 0.1) is 16.0 Å². The van der Waals surface area contributed by atoms with Gasteiger partial charge in [-0.15, -0.1) is 11.3 Å². The van der Waals surface area contributed by atoms with Crippen LogP contribution in [0.15, 0.2) is 15.9 Å². The highest BCUT2D eigenvalue weighted by Crippen LogP contribution is 2.24. The van der Waals surface area contributed by atoms with Gasteiger partial charge >= 0.3 is 0 Å². The van der Waals surface area contributed by atoms with Gasteiger partial charge in [-0.25, -0.2) is 0 Å². The monoisotopic (exact) mass is 318 g/mol. The Morgan fingerprint density at radius 3 is 3.00 bits per heavy atom. The second-order valence-corrected chi connectivity index (χ2v) is 7.18. The van der Waals surface area contributed by atoms with Gasteiger partial charge in [0.1, 0.15) is 0 Å². The van der Waals surface area contributed by atoms with Crippen LogP contribution >= 0.6 is 27.3 Å². The van der Waals surface area contributed by atoms with Crippen LogP contribution in [0.5, 0.6) is 0 Å². The smallest absolute Gasteiger partial charge is 0.0701 e. The van der Waals surface area contributed by atoms with E-state index in [4.69, 9.17) is 4.74 Å². The molecule has 0 aromatic carbocycles. The lowest BCUT2D eigenvalue weighted by molar-refractivity contribution is 0.00239. The minimum Gasteiger partial charge on any atom is -0.393 e. The number of ether oxygens (including phenoxy) is 1. The maximum atomic E-state index is 9.98. The summed E-state index contributed by atoms with van der Waals surface area (Å²) in [5.41, 5.74) is 0. The highest BCUT2D eigenvalue weighted by molar-refractivity contribution is 9.11. The topological polar surface area (TPSA) is 29.5 Å². The number of hydrogen-bond donors (Lipinski definition) is 1. The quantitative estimate of drug-likeness (QED) is 0.895. The first-order valence-electron chi connectivity index (χ1n) is 6.28. The summed E-state index contributed by atoms with van der Waals surface area (Å²) in [4.78, 5) is 1.24. The fourth-order valence-electron chi connectivity index (χ4n) is 2.21. The summed E-state index contributed by atoms with van der Waals surface area (Å²) in [5, 5.41) is 9.98. The van der Waals surface area contributed by atoms with Crippen molar-refractivity contribution in [2.24, 2.45) is 0 Å². The van der Waals surface area contributed by atoms with Gasteiger partial charge in [-0.05, 0) is 60.2 Å². The highest BCUT2D eigenvalue weighted by atomic mass is 79.9. The fraction of sp³-hybridized carbons (Fsp3) is 0.692. The van der Waals surface area contributed by atoms with Crippen molar-refractivity contribution >= 4 is 27.3 Å². The second kappa shape index (κ2) is 6.88. The van der Waals surface area contributed by atoms with Crippen molar-refractivity contribution < 1.29 is 9.84 Å². The van der Waals surface area contributed by atoms with Crippen molar-refractivity contribution in [2.75, 3.05) is 6.61 Å². The van der Waals surface area contributed by atoms with Crippen LogP contribution in [0.1, 0.15) is 37.0 Å². The van der Waals surface area contributed by atoms with Crippen LogP contribution in [0, 0.1) is 0 Å². The first-order chi connectivity index (χ1) is 8.24. The lowest BCUT2D eigenvalue weighted by atomic mass is 10.0. The predicted octanol–water partition coefficient (Wildman–Crippen LogP) is 3.76. The van der Waals surface area contributed by atoms with Crippen molar-refractivity contribution in [1.29, 1.82) is 0 Å². The minimum absolute atomic E-state index is 0.230. The van der Waals surface area contributed by atoms with E-state index in [1.165, 1.54) is 17.7 Å². The molecule has 2 unspecified atom stereocenters. The number of aliphatic hydroxyl groups excluding tert-OH is 1. The maximum absolute atomic E-state index is 9.98. The summed E-state index contributed by atoms with van der Waals surface area (Å²) in [7, 11) is 0. The molecule has 96 valence electrons. The van der Waals surface area contributed by atoms with Gasteiger partial charge in [0.25, 0.3) is 0 Å². The van der Waals surface area contributed by atoms with Crippen LogP contribution in [0.2, 0.25) is 0 Å². The van der Waals surface area contributed by atoms with Crippen LogP contribution in [0.4, 0.5) is 0 Å². The molecule has 1 fully saturated rings. The lowest BCUT2D eigenvalue weighted by Gasteiger charge is -2.23. The van der Waals surface area contributed by atoms with Gasteiger partial charge in [0, 0.05) is 17.9 Å². The molecular weight excluding hydrogens is 300 g/mol. The molecule has 0 amide bonds. The molecule has 0 saturated carbocycles. The van der Waals surface area contributed by atoms with E-state index in [9.17, 15) is 5.11 Å². The first kappa shape index (κ1) is 13.5. The Bertz CT molecular complexity index is 334. The summed E-state index contributed by atoms with van der Waals surface area (Å²) < 4.78 is 6.80. The summed E-state index contributed by atoms with van der Waals surface area (Å²) in [6, 6.07) is 4.12. The predicted molar refractivity (Wildman–Crippen MR) is 74.6 cm³/mol. The van der Waals surface area contributed by atoms with Crippen molar-refractivity contribution in [2.45, 2.75) is 50.7 Å². The number of halogens is 1. The Hall–Kier alpha value is 0.1000. The normalized spacial score (nSPS) is 22.6. The van der Waals surface area contributed by atoms with Crippen molar-refractivity contribution in [3.63, 3.8) is 0 Å². The number of rotatable bonds is 5. The molecule has 2 atom stereocenters. The fourth-order valence-corrected chi connectivity index (χ4v) is 3.76. The molecule has 4 heteroatoms. The zero-order valence-electron chi connectivity index (χ0n) is 9.90. The Labute approximate surface area is 115 Å².